The first kappa shape index (κ1) is 15.4. The maximum absolute atomic E-state index is 12.3. The standard InChI is InChI=1S/C17H17F3O/c1-11(2)16-8-7-14(9-12(16)3)13-5-4-6-15(10-13)21-17(18,19)20/h4-11H,1-3H3. The van der Waals surface area contributed by atoms with Crippen LogP contribution in [0, 0.1) is 6.92 Å². The van der Waals surface area contributed by atoms with Crippen LogP contribution in [-0.4, -0.2) is 6.36 Å². The van der Waals surface area contributed by atoms with Crippen LogP contribution in [0.25, 0.3) is 11.1 Å². The van der Waals surface area contributed by atoms with E-state index < -0.39 is 6.36 Å². The number of halogens is 3. The van der Waals surface area contributed by atoms with E-state index in [0.717, 1.165) is 11.1 Å². The van der Waals surface area contributed by atoms with Gasteiger partial charge in [0.15, 0.2) is 0 Å². The van der Waals surface area contributed by atoms with Gasteiger partial charge in [-0.25, -0.2) is 0 Å². The summed E-state index contributed by atoms with van der Waals surface area (Å²) in [6.07, 6.45) is -4.67. The van der Waals surface area contributed by atoms with Crippen LogP contribution < -0.4 is 4.74 Å². The van der Waals surface area contributed by atoms with Crippen molar-refractivity contribution in [3.8, 4) is 16.9 Å². The summed E-state index contributed by atoms with van der Waals surface area (Å²) in [6.45, 7) is 6.23. The van der Waals surface area contributed by atoms with Gasteiger partial charge in [-0.3, -0.25) is 0 Å². The molecule has 0 saturated heterocycles. The second kappa shape index (κ2) is 5.80. The first-order valence-corrected chi connectivity index (χ1v) is 6.73. The van der Waals surface area contributed by atoms with Crippen LogP contribution in [-0.2, 0) is 0 Å². The third-order valence-electron chi connectivity index (χ3n) is 3.29. The van der Waals surface area contributed by atoms with Crippen molar-refractivity contribution in [1.82, 2.24) is 0 Å². The van der Waals surface area contributed by atoms with Crippen molar-refractivity contribution < 1.29 is 17.9 Å². The van der Waals surface area contributed by atoms with Crippen molar-refractivity contribution in [3.05, 3.63) is 53.6 Å². The van der Waals surface area contributed by atoms with Crippen molar-refractivity contribution in [2.45, 2.75) is 33.1 Å². The van der Waals surface area contributed by atoms with E-state index in [1.54, 1.807) is 12.1 Å². The highest BCUT2D eigenvalue weighted by Gasteiger charge is 2.31. The minimum atomic E-state index is -4.67. The van der Waals surface area contributed by atoms with E-state index in [0.29, 0.717) is 11.5 Å². The van der Waals surface area contributed by atoms with Crippen molar-refractivity contribution in [1.29, 1.82) is 0 Å². The van der Waals surface area contributed by atoms with E-state index in [2.05, 4.69) is 18.6 Å². The lowest BCUT2D eigenvalue weighted by molar-refractivity contribution is -0.274. The smallest absolute Gasteiger partial charge is 0.406 e. The molecule has 112 valence electrons. The number of rotatable bonds is 3. The fraction of sp³-hybridized carbons (Fsp3) is 0.294. The molecule has 0 N–H and O–H groups in total. The molecule has 0 heterocycles. The van der Waals surface area contributed by atoms with Crippen LogP contribution in [0.1, 0.15) is 30.9 Å². The van der Waals surface area contributed by atoms with Crippen LogP contribution in [0.2, 0.25) is 0 Å². The van der Waals surface area contributed by atoms with Crippen LogP contribution in [0.5, 0.6) is 5.75 Å². The second-order valence-electron chi connectivity index (χ2n) is 5.30. The van der Waals surface area contributed by atoms with Gasteiger partial charge in [0, 0.05) is 0 Å². The van der Waals surface area contributed by atoms with Gasteiger partial charge in [0.25, 0.3) is 0 Å². The molecule has 0 amide bonds. The molecule has 0 fully saturated rings. The Bertz CT molecular complexity index is 630. The summed E-state index contributed by atoms with van der Waals surface area (Å²) in [5.74, 6) is 0.213. The molecular formula is C17H17F3O. The van der Waals surface area contributed by atoms with Crippen molar-refractivity contribution >= 4 is 0 Å². The van der Waals surface area contributed by atoms with Gasteiger partial charge in [-0.05, 0) is 47.2 Å². The van der Waals surface area contributed by atoms with Gasteiger partial charge in [0.1, 0.15) is 5.75 Å². The molecule has 0 aliphatic heterocycles. The topological polar surface area (TPSA) is 9.23 Å². The monoisotopic (exact) mass is 294 g/mol. The molecule has 2 aromatic carbocycles. The van der Waals surface area contributed by atoms with Crippen molar-refractivity contribution in [2.24, 2.45) is 0 Å². The zero-order chi connectivity index (χ0) is 15.6. The zero-order valence-corrected chi connectivity index (χ0v) is 12.2. The Labute approximate surface area is 122 Å². The van der Waals surface area contributed by atoms with Crippen LogP contribution in [0.15, 0.2) is 42.5 Å². The molecule has 0 saturated carbocycles. The van der Waals surface area contributed by atoms with E-state index in [1.165, 1.54) is 17.7 Å². The highest BCUT2D eigenvalue weighted by molar-refractivity contribution is 5.66. The third-order valence-corrected chi connectivity index (χ3v) is 3.29. The number of hydrogen-bond donors (Lipinski definition) is 0. The summed E-state index contributed by atoms with van der Waals surface area (Å²) in [5, 5.41) is 0. The lowest BCUT2D eigenvalue weighted by Gasteiger charge is -2.13. The molecular weight excluding hydrogens is 277 g/mol. The molecule has 0 atom stereocenters. The molecule has 4 heteroatoms. The van der Waals surface area contributed by atoms with Crippen LogP contribution in [0.3, 0.4) is 0 Å². The molecule has 1 nitrogen and oxygen atoms in total. The fourth-order valence-corrected chi connectivity index (χ4v) is 2.38. The number of hydrogen-bond acceptors (Lipinski definition) is 1. The Morgan fingerprint density at radius 3 is 2.19 bits per heavy atom. The highest BCUT2D eigenvalue weighted by atomic mass is 19.4. The van der Waals surface area contributed by atoms with E-state index in [9.17, 15) is 13.2 Å². The van der Waals surface area contributed by atoms with Gasteiger partial charge >= 0.3 is 6.36 Å². The van der Waals surface area contributed by atoms with Crippen LogP contribution >= 0.6 is 0 Å². The molecule has 0 unspecified atom stereocenters. The molecule has 21 heavy (non-hydrogen) atoms. The molecule has 0 aromatic heterocycles. The number of ether oxygens (including phenoxy) is 1. The quantitative estimate of drug-likeness (QED) is 0.707. The first-order chi connectivity index (χ1) is 9.76. The summed E-state index contributed by atoms with van der Waals surface area (Å²) in [7, 11) is 0. The van der Waals surface area contributed by atoms with Gasteiger partial charge in [-0.2, -0.15) is 0 Å². The lowest BCUT2D eigenvalue weighted by Crippen LogP contribution is -2.17. The molecule has 0 aliphatic rings. The zero-order valence-electron chi connectivity index (χ0n) is 12.2. The van der Waals surface area contributed by atoms with Gasteiger partial charge in [-0.1, -0.05) is 44.2 Å². The highest BCUT2D eigenvalue weighted by Crippen LogP contribution is 2.30. The normalized spacial score (nSPS) is 11.8. The van der Waals surface area contributed by atoms with E-state index in [4.69, 9.17) is 0 Å². The Hall–Kier alpha value is -1.97. The molecule has 0 spiro atoms. The largest absolute Gasteiger partial charge is 0.573 e. The third kappa shape index (κ3) is 4.00. The summed E-state index contributed by atoms with van der Waals surface area (Å²) in [5.41, 5.74) is 3.95. The Kier molecular flexibility index (Phi) is 4.26. The lowest BCUT2D eigenvalue weighted by atomic mass is 9.94. The Morgan fingerprint density at radius 2 is 1.62 bits per heavy atom. The van der Waals surface area contributed by atoms with Gasteiger partial charge in [0.2, 0.25) is 0 Å². The minimum Gasteiger partial charge on any atom is -0.406 e. The average Bonchev–Trinajstić information content (AvgIpc) is 2.36. The van der Waals surface area contributed by atoms with Crippen molar-refractivity contribution in [2.75, 3.05) is 0 Å². The molecule has 2 aromatic rings. The maximum Gasteiger partial charge on any atom is 0.573 e. The predicted octanol–water partition coefficient (Wildman–Crippen LogP) is 5.68. The summed E-state index contributed by atoms with van der Waals surface area (Å²) in [4.78, 5) is 0. The summed E-state index contributed by atoms with van der Waals surface area (Å²) < 4.78 is 40.7. The number of aryl methyl sites for hydroxylation is 1. The maximum atomic E-state index is 12.3. The minimum absolute atomic E-state index is 0.203. The van der Waals surface area contributed by atoms with E-state index in [-0.39, 0.29) is 5.75 Å². The number of benzene rings is 2. The SMILES string of the molecule is Cc1cc(-c2cccc(OC(F)(F)F)c2)ccc1C(C)C. The fourth-order valence-electron chi connectivity index (χ4n) is 2.38. The van der Waals surface area contributed by atoms with Crippen LogP contribution in [0.4, 0.5) is 13.2 Å². The first-order valence-electron chi connectivity index (χ1n) is 6.73. The molecule has 0 aliphatic carbocycles. The number of alkyl halides is 3. The molecule has 0 bridgehead atoms. The summed E-state index contributed by atoms with van der Waals surface area (Å²) >= 11 is 0. The van der Waals surface area contributed by atoms with E-state index in [1.807, 2.05) is 25.1 Å². The molecule has 0 radical (unpaired) electrons. The Morgan fingerprint density at radius 1 is 0.952 bits per heavy atom. The second-order valence-corrected chi connectivity index (χ2v) is 5.30. The van der Waals surface area contributed by atoms with E-state index >= 15 is 0 Å². The predicted molar refractivity (Wildman–Crippen MR) is 77.4 cm³/mol. The van der Waals surface area contributed by atoms with Crippen molar-refractivity contribution in [3.63, 3.8) is 0 Å². The Balaban J connectivity index is 2.34. The van der Waals surface area contributed by atoms with Gasteiger partial charge in [-0.15, -0.1) is 13.2 Å². The summed E-state index contributed by atoms with van der Waals surface area (Å²) in [6, 6.07) is 12.0. The van der Waals surface area contributed by atoms with Gasteiger partial charge < -0.3 is 4.74 Å². The van der Waals surface area contributed by atoms with Gasteiger partial charge in [0.05, 0.1) is 0 Å². The molecule has 2 rings (SSSR count). The average molecular weight is 294 g/mol.